The summed E-state index contributed by atoms with van der Waals surface area (Å²) < 4.78 is 24.6. The van der Waals surface area contributed by atoms with Crippen LogP contribution in [0.4, 0.5) is 5.69 Å². The molecule has 2 aliphatic heterocycles. The smallest absolute Gasteiger partial charge is 0.252 e. The van der Waals surface area contributed by atoms with E-state index in [1.165, 1.54) is 11.8 Å². The molecule has 0 aromatic heterocycles. The monoisotopic (exact) mass is 462 g/mol. The maximum Gasteiger partial charge on any atom is 0.252 e. The molecule has 2 aromatic rings. The molecule has 0 aliphatic carbocycles. The van der Waals surface area contributed by atoms with Gasteiger partial charge < -0.3 is 4.90 Å². The molecule has 2 saturated heterocycles. The molecule has 0 bridgehead atoms. The van der Waals surface area contributed by atoms with Gasteiger partial charge in [-0.3, -0.25) is 4.79 Å². The Bertz CT molecular complexity index is 1100. The Morgan fingerprint density at radius 1 is 1.17 bits per heavy atom. The van der Waals surface area contributed by atoms with Crippen LogP contribution in [0.5, 0.6) is 0 Å². The van der Waals surface area contributed by atoms with E-state index in [4.69, 9.17) is 11.6 Å². The zero-order valence-corrected chi connectivity index (χ0v) is 19.2. The molecular formula is C22H23ClN2O3S2. The second-order valence-electron chi connectivity index (χ2n) is 7.98. The fourth-order valence-corrected chi connectivity index (χ4v) is 8.01. The fraction of sp³-hybridized carbons (Fsp3) is 0.364. The molecule has 4 rings (SSSR count). The maximum absolute atomic E-state index is 12.7. The van der Waals surface area contributed by atoms with E-state index in [-0.39, 0.29) is 41.0 Å². The maximum atomic E-state index is 12.7. The summed E-state index contributed by atoms with van der Waals surface area (Å²) in [6, 6.07) is 14.9. The number of sulfone groups is 1. The minimum atomic E-state index is -3.10. The summed E-state index contributed by atoms with van der Waals surface area (Å²) in [7, 11) is -3.10. The standard InChI is InChI=1S/C22H23ClN2O3S2/c1-14(2)17-5-3-4-6-18(17)25-19-12-30(27,28)13-20(19)29-22(25)24-21(26)11-15-7-9-16(23)10-8-15/h3-10,14,19-20H,11-13H2,1-2H3/t19-,20-/m0/s1. The number of fused-ring (bicyclic) bond motifs is 1. The first-order valence-electron chi connectivity index (χ1n) is 9.85. The number of carbonyl (C=O) groups excluding carboxylic acids is 1. The molecular weight excluding hydrogens is 440 g/mol. The van der Waals surface area contributed by atoms with E-state index in [9.17, 15) is 13.2 Å². The number of amidine groups is 1. The molecule has 8 heteroatoms. The average molecular weight is 463 g/mol. The number of halogens is 1. The molecule has 1 amide bonds. The van der Waals surface area contributed by atoms with E-state index in [0.29, 0.717) is 10.2 Å². The lowest BCUT2D eigenvalue weighted by atomic mass is 9.99. The molecule has 0 radical (unpaired) electrons. The normalized spacial score (nSPS) is 23.9. The minimum Gasteiger partial charge on any atom is -0.315 e. The van der Waals surface area contributed by atoms with E-state index in [1.54, 1.807) is 12.1 Å². The quantitative estimate of drug-likeness (QED) is 0.677. The number of amides is 1. The fourth-order valence-electron chi connectivity index (χ4n) is 3.96. The van der Waals surface area contributed by atoms with Crippen LogP contribution in [0.3, 0.4) is 0 Å². The molecule has 2 heterocycles. The van der Waals surface area contributed by atoms with Gasteiger partial charge in [0.05, 0.1) is 24.0 Å². The zero-order chi connectivity index (χ0) is 21.5. The van der Waals surface area contributed by atoms with E-state index < -0.39 is 9.84 Å². The average Bonchev–Trinajstić information content (AvgIpc) is 3.14. The van der Waals surface area contributed by atoms with Crippen LogP contribution in [0.15, 0.2) is 53.5 Å². The third-order valence-electron chi connectivity index (χ3n) is 5.37. The van der Waals surface area contributed by atoms with Gasteiger partial charge in [-0.25, -0.2) is 8.42 Å². The number of thioether (sulfide) groups is 1. The van der Waals surface area contributed by atoms with Crippen molar-refractivity contribution in [3.05, 3.63) is 64.7 Å². The zero-order valence-electron chi connectivity index (χ0n) is 16.8. The van der Waals surface area contributed by atoms with Gasteiger partial charge in [0.1, 0.15) is 0 Å². The Hall–Kier alpha value is -1.83. The molecule has 158 valence electrons. The first-order valence-corrected chi connectivity index (χ1v) is 12.9. The number of rotatable bonds is 4. The Morgan fingerprint density at radius 3 is 2.57 bits per heavy atom. The summed E-state index contributed by atoms with van der Waals surface area (Å²) in [6.45, 7) is 4.21. The van der Waals surface area contributed by atoms with Crippen molar-refractivity contribution in [2.75, 3.05) is 16.4 Å². The number of para-hydroxylation sites is 1. The van der Waals surface area contributed by atoms with Crippen LogP contribution in [0.1, 0.15) is 30.9 Å². The second-order valence-corrected chi connectivity index (χ2v) is 11.8. The van der Waals surface area contributed by atoms with Gasteiger partial charge in [0.25, 0.3) is 5.91 Å². The van der Waals surface area contributed by atoms with Gasteiger partial charge in [0, 0.05) is 16.0 Å². The van der Waals surface area contributed by atoms with Crippen LogP contribution in [0.25, 0.3) is 0 Å². The number of hydrogen-bond acceptors (Lipinski definition) is 4. The van der Waals surface area contributed by atoms with E-state index in [2.05, 4.69) is 24.9 Å². The van der Waals surface area contributed by atoms with Crippen molar-refractivity contribution in [2.45, 2.75) is 37.5 Å². The van der Waals surface area contributed by atoms with Crippen molar-refractivity contribution in [1.82, 2.24) is 0 Å². The Morgan fingerprint density at radius 2 is 1.87 bits per heavy atom. The second kappa shape index (κ2) is 8.36. The third kappa shape index (κ3) is 4.43. The van der Waals surface area contributed by atoms with Crippen LogP contribution >= 0.6 is 23.4 Å². The highest BCUT2D eigenvalue weighted by Gasteiger charge is 2.49. The van der Waals surface area contributed by atoms with Gasteiger partial charge in [-0.15, -0.1) is 0 Å². The van der Waals surface area contributed by atoms with E-state index >= 15 is 0 Å². The van der Waals surface area contributed by atoms with Gasteiger partial charge in [0.2, 0.25) is 0 Å². The summed E-state index contributed by atoms with van der Waals surface area (Å²) >= 11 is 7.32. The molecule has 0 N–H and O–H groups in total. The summed E-state index contributed by atoms with van der Waals surface area (Å²) in [5.74, 6) is 0.207. The SMILES string of the molecule is CC(C)c1ccccc1N1C(=NC(=O)Cc2ccc(Cl)cc2)S[C@H]2CS(=O)(=O)C[C@@H]21. The topological polar surface area (TPSA) is 66.8 Å². The highest BCUT2D eigenvalue weighted by molar-refractivity contribution is 8.16. The van der Waals surface area contributed by atoms with Crippen molar-refractivity contribution in [1.29, 1.82) is 0 Å². The highest BCUT2D eigenvalue weighted by Crippen LogP contribution is 2.43. The highest BCUT2D eigenvalue weighted by atomic mass is 35.5. The molecule has 0 unspecified atom stereocenters. The third-order valence-corrected chi connectivity index (χ3v) is 8.84. The van der Waals surface area contributed by atoms with Crippen molar-refractivity contribution in [3.63, 3.8) is 0 Å². The molecule has 2 aromatic carbocycles. The lowest BCUT2D eigenvalue weighted by Gasteiger charge is -2.28. The number of carbonyl (C=O) groups is 1. The van der Waals surface area contributed by atoms with Crippen LogP contribution in [-0.2, 0) is 21.1 Å². The number of hydrogen-bond donors (Lipinski definition) is 0. The lowest BCUT2D eigenvalue weighted by Crippen LogP contribution is -2.38. The van der Waals surface area contributed by atoms with Crippen molar-refractivity contribution in [2.24, 2.45) is 4.99 Å². The summed E-state index contributed by atoms with van der Waals surface area (Å²) in [5, 5.41) is 1.10. The minimum absolute atomic E-state index is 0.0848. The predicted molar refractivity (Wildman–Crippen MR) is 124 cm³/mol. The molecule has 2 atom stereocenters. The Labute approximate surface area is 186 Å². The van der Waals surface area contributed by atoms with Gasteiger partial charge in [-0.2, -0.15) is 4.99 Å². The molecule has 2 fully saturated rings. The lowest BCUT2D eigenvalue weighted by molar-refractivity contribution is -0.117. The van der Waals surface area contributed by atoms with Gasteiger partial charge in [-0.1, -0.05) is 67.5 Å². The molecule has 0 spiro atoms. The Balaban J connectivity index is 1.69. The molecule has 0 saturated carbocycles. The van der Waals surface area contributed by atoms with Gasteiger partial charge >= 0.3 is 0 Å². The number of benzene rings is 2. The predicted octanol–water partition coefficient (Wildman–Crippen LogP) is 4.31. The van der Waals surface area contributed by atoms with Gasteiger partial charge in [0.15, 0.2) is 15.0 Å². The van der Waals surface area contributed by atoms with Crippen LogP contribution in [-0.4, -0.2) is 42.3 Å². The summed E-state index contributed by atoms with van der Waals surface area (Å²) in [4.78, 5) is 19.1. The number of anilines is 1. The Kier molecular flexibility index (Phi) is 5.97. The summed E-state index contributed by atoms with van der Waals surface area (Å²) in [5.41, 5.74) is 2.89. The molecule has 30 heavy (non-hydrogen) atoms. The van der Waals surface area contributed by atoms with E-state index in [0.717, 1.165) is 16.8 Å². The van der Waals surface area contributed by atoms with Crippen LogP contribution < -0.4 is 4.90 Å². The van der Waals surface area contributed by atoms with Crippen LogP contribution in [0, 0.1) is 0 Å². The summed E-state index contributed by atoms with van der Waals surface area (Å²) in [6.07, 6.45) is 0.175. The van der Waals surface area contributed by atoms with Crippen molar-refractivity contribution in [3.8, 4) is 0 Å². The van der Waals surface area contributed by atoms with Crippen molar-refractivity contribution < 1.29 is 13.2 Å². The molecule has 5 nitrogen and oxygen atoms in total. The first kappa shape index (κ1) is 21.4. The van der Waals surface area contributed by atoms with E-state index in [1.807, 2.05) is 35.2 Å². The number of aliphatic imine (C=N–C) groups is 1. The van der Waals surface area contributed by atoms with Crippen LogP contribution in [0.2, 0.25) is 5.02 Å². The van der Waals surface area contributed by atoms with Crippen molar-refractivity contribution >= 4 is 50.0 Å². The first-order chi connectivity index (χ1) is 14.2. The largest absolute Gasteiger partial charge is 0.315 e. The number of nitrogens with zero attached hydrogens (tertiary/aromatic N) is 2. The van der Waals surface area contributed by atoms with Gasteiger partial charge in [-0.05, 0) is 35.2 Å². The molecule has 2 aliphatic rings.